The monoisotopic (exact) mass is 315 g/mol. The van der Waals surface area contributed by atoms with Crippen LogP contribution >= 0.6 is 0 Å². The zero-order valence-corrected chi connectivity index (χ0v) is 15.1. The number of rotatable bonds is 0. The summed E-state index contributed by atoms with van der Waals surface area (Å²) < 4.78 is 0. The van der Waals surface area contributed by atoms with E-state index < -0.39 is 0 Å². The molecular weight excluding hydrogens is 282 g/mol. The Kier molecular flexibility index (Phi) is 3.62. The van der Waals surface area contributed by atoms with Gasteiger partial charge in [0.25, 0.3) is 0 Å². The molecule has 0 bridgehead atoms. The van der Waals surface area contributed by atoms with Crippen molar-refractivity contribution in [3.05, 3.63) is 0 Å². The maximum Gasteiger partial charge on any atom is 0.0661 e. The Morgan fingerprint density at radius 2 is 1.74 bits per heavy atom. The first-order valence-corrected chi connectivity index (χ1v) is 9.98. The zero-order chi connectivity index (χ0) is 16.4. The van der Waals surface area contributed by atoms with Gasteiger partial charge in [-0.1, -0.05) is 20.8 Å². The molecule has 4 rings (SSSR count). The Morgan fingerprint density at radius 1 is 1.00 bits per heavy atom. The molecule has 4 aliphatic rings. The lowest BCUT2D eigenvalue weighted by atomic mass is 9.44. The highest BCUT2D eigenvalue weighted by molar-refractivity contribution is 5.12. The Balaban J connectivity index is 1.63. The molecule has 2 heteroatoms. The number of fused-ring (bicyclic) bond motifs is 5. The Morgan fingerprint density at radius 3 is 2.48 bits per heavy atom. The topological polar surface area (TPSA) is 44.0 Å². The molecule has 128 valence electrons. The van der Waals surface area contributed by atoms with E-state index in [2.05, 4.69) is 26.8 Å². The molecular formula is C21H33NO. The molecule has 4 saturated carbocycles. The van der Waals surface area contributed by atoms with Crippen molar-refractivity contribution in [2.75, 3.05) is 0 Å². The maximum atomic E-state index is 10.3. The summed E-state index contributed by atoms with van der Waals surface area (Å²) >= 11 is 0. The van der Waals surface area contributed by atoms with Crippen molar-refractivity contribution in [2.45, 2.75) is 78.2 Å². The SMILES string of the molecule is C[C@@H]1C[C@@]2(C)[C@@H](CC[C@@H]3[C@@H]2CC[C@]2(C)[C@H](C#N)CC[C@@H]32)C[C@@H]1O. The first-order chi connectivity index (χ1) is 10.9. The van der Waals surface area contributed by atoms with Crippen LogP contribution in [0.2, 0.25) is 0 Å². The first kappa shape index (κ1) is 15.9. The van der Waals surface area contributed by atoms with Gasteiger partial charge < -0.3 is 5.11 Å². The van der Waals surface area contributed by atoms with Gasteiger partial charge in [0.2, 0.25) is 0 Å². The predicted octanol–water partition coefficient (Wildman–Crippen LogP) is 4.78. The molecule has 0 heterocycles. The maximum absolute atomic E-state index is 10.3. The van der Waals surface area contributed by atoms with Crippen molar-refractivity contribution < 1.29 is 5.11 Å². The van der Waals surface area contributed by atoms with E-state index >= 15 is 0 Å². The summed E-state index contributed by atoms with van der Waals surface area (Å²) in [5, 5.41) is 19.9. The van der Waals surface area contributed by atoms with Gasteiger partial charge in [0.15, 0.2) is 0 Å². The highest BCUT2D eigenvalue weighted by Crippen LogP contribution is 2.67. The molecule has 1 N–H and O–H groups in total. The molecule has 2 nitrogen and oxygen atoms in total. The summed E-state index contributed by atoms with van der Waals surface area (Å²) in [5.74, 6) is 3.95. The summed E-state index contributed by atoms with van der Waals surface area (Å²) in [4.78, 5) is 0. The third-order valence-electron chi connectivity index (χ3n) is 9.17. The number of aliphatic hydroxyl groups excluding tert-OH is 1. The van der Waals surface area contributed by atoms with Crippen LogP contribution in [0.1, 0.15) is 72.1 Å². The van der Waals surface area contributed by atoms with E-state index in [1.165, 1.54) is 38.5 Å². The average molecular weight is 316 g/mol. The van der Waals surface area contributed by atoms with E-state index in [4.69, 9.17) is 0 Å². The van der Waals surface area contributed by atoms with Gasteiger partial charge in [-0.15, -0.1) is 0 Å². The minimum Gasteiger partial charge on any atom is -0.393 e. The molecule has 0 radical (unpaired) electrons. The van der Waals surface area contributed by atoms with Gasteiger partial charge in [-0.2, -0.15) is 5.26 Å². The molecule has 0 saturated heterocycles. The van der Waals surface area contributed by atoms with E-state index in [1.807, 2.05) is 0 Å². The lowest BCUT2D eigenvalue weighted by molar-refractivity contribution is -0.138. The third-order valence-corrected chi connectivity index (χ3v) is 9.17. The fraction of sp³-hybridized carbons (Fsp3) is 0.952. The Bertz CT molecular complexity index is 524. The van der Waals surface area contributed by atoms with Crippen LogP contribution in [0.5, 0.6) is 0 Å². The van der Waals surface area contributed by atoms with E-state index in [9.17, 15) is 10.4 Å². The van der Waals surface area contributed by atoms with Crippen LogP contribution in [0.4, 0.5) is 0 Å². The van der Waals surface area contributed by atoms with Gasteiger partial charge >= 0.3 is 0 Å². The van der Waals surface area contributed by atoms with Crippen molar-refractivity contribution in [3.8, 4) is 6.07 Å². The fourth-order valence-corrected chi connectivity index (χ4v) is 7.81. The van der Waals surface area contributed by atoms with Crippen LogP contribution < -0.4 is 0 Å². The molecule has 9 atom stereocenters. The summed E-state index contributed by atoms with van der Waals surface area (Å²) in [6.45, 7) is 7.23. The smallest absolute Gasteiger partial charge is 0.0661 e. The number of nitrogens with zero attached hydrogens (tertiary/aromatic N) is 1. The highest BCUT2D eigenvalue weighted by atomic mass is 16.3. The van der Waals surface area contributed by atoms with E-state index in [0.717, 1.165) is 36.5 Å². The van der Waals surface area contributed by atoms with Crippen LogP contribution in [0, 0.1) is 57.7 Å². The van der Waals surface area contributed by atoms with Crippen LogP contribution in [0.25, 0.3) is 0 Å². The lowest BCUT2D eigenvalue weighted by Crippen LogP contribution is -2.55. The summed E-state index contributed by atoms with van der Waals surface area (Å²) in [5.41, 5.74) is 0.729. The third kappa shape index (κ3) is 2.08. The quantitative estimate of drug-likeness (QED) is 0.699. The molecule has 0 aromatic rings. The van der Waals surface area contributed by atoms with Gasteiger partial charge in [0, 0.05) is 0 Å². The second-order valence-corrected chi connectivity index (χ2v) is 9.94. The number of hydrogen-bond acceptors (Lipinski definition) is 2. The highest BCUT2D eigenvalue weighted by Gasteiger charge is 2.60. The largest absolute Gasteiger partial charge is 0.393 e. The Hall–Kier alpha value is -0.550. The molecule has 0 spiro atoms. The normalized spacial score (nSPS) is 58.7. The van der Waals surface area contributed by atoms with Gasteiger partial charge in [-0.05, 0) is 91.8 Å². The second-order valence-electron chi connectivity index (χ2n) is 9.94. The zero-order valence-electron chi connectivity index (χ0n) is 15.1. The second kappa shape index (κ2) is 5.22. The average Bonchev–Trinajstić information content (AvgIpc) is 2.85. The van der Waals surface area contributed by atoms with Crippen LogP contribution in [-0.2, 0) is 0 Å². The number of hydrogen-bond donors (Lipinski definition) is 1. The summed E-state index contributed by atoms with van der Waals surface area (Å²) in [6, 6.07) is 2.64. The number of nitriles is 1. The summed E-state index contributed by atoms with van der Waals surface area (Å²) in [6.07, 6.45) is 9.84. The van der Waals surface area contributed by atoms with E-state index in [0.29, 0.717) is 22.7 Å². The molecule has 4 fully saturated rings. The molecule has 4 aliphatic carbocycles. The minimum atomic E-state index is -0.0760. The van der Waals surface area contributed by atoms with Crippen molar-refractivity contribution in [3.63, 3.8) is 0 Å². The van der Waals surface area contributed by atoms with Gasteiger partial charge in [0.05, 0.1) is 18.1 Å². The fourth-order valence-electron chi connectivity index (χ4n) is 7.81. The van der Waals surface area contributed by atoms with Crippen LogP contribution in [0.3, 0.4) is 0 Å². The molecule has 23 heavy (non-hydrogen) atoms. The molecule has 0 unspecified atom stereocenters. The summed E-state index contributed by atoms with van der Waals surface area (Å²) in [7, 11) is 0. The standard InChI is InChI=1S/C21H33NO/c1-13-11-21(3)14(10-19(13)23)4-6-16-17-7-5-15(12-22)20(17,2)9-8-18(16)21/h13-19,23H,4-11H2,1-3H3/t13-,14+,15+,16+,17+,18+,19+,20-,21+/m1/s1. The van der Waals surface area contributed by atoms with Crippen LogP contribution in [-0.4, -0.2) is 11.2 Å². The molecule has 0 amide bonds. The van der Waals surface area contributed by atoms with Crippen molar-refractivity contribution in [1.29, 1.82) is 5.26 Å². The molecule has 0 aromatic carbocycles. The van der Waals surface area contributed by atoms with E-state index in [-0.39, 0.29) is 6.10 Å². The van der Waals surface area contributed by atoms with Crippen molar-refractivity contribution in [2.24, 2.45) is 46.3 Å². The van der Waals surface area contributed by atoms with E-state index in [1.54, 1.807) is 0 Å². The molecule has 0 aliphatic heterocycles. The van der Waals surface area contributed by atoms with Gasteiger partial charge in [-0.3, -0.25) is 0 Å². The Labute approximate surface area is 141 Å². The van der Waals surface area contributed by atoms with Crippen molar-refractivity contribution in [1.82, 2.24) is 0 Å². The van der Waals surface area contributed by atoms with Crippen LogP contribution in [0.15, 0.2) is 0 Å². The van der Waals surface area contributed by atoms with Gasteiger partial charge in [0.1, 0.15) is 0 Å². The van der Waals surface area contributed by atoms with Crippen molar-refractivity contribution >= 4 is 0 Å². The minimum absolute atomic E-state index is 0.0760. The lowest BCUT2D eigenvalue weighted by Gasteiger charge is -2.61. The van der Waals surface area contributed by atoms with Gasteiger partial charge in [-0.25, -0.2) is 0 Å². The number of aliphatic hydroxyl groups is 1. The first-order valence-electron chi connectivity index (χ1n) is 9.98. The molecule has 0 aromatic heterocycles. The predicted molar refractivity (Wildman–Crippen MR) is 91.4 cm³/mol.